The van der Waals surface area contributed by atoms with Crippen LogP contribution in [-0.2, 0) is 27.8 Å². The van der Waals surface area contributed by atoms with Crippen LogP contribution in [0.5, 0.6) is 0 Å². The second-order valence-corrected chi connectivity index (χ2v) is 11.6. The number of hydrogen-bond donors (Lipinski definition) is 0. The number of carbonyl (C=O) groups is 1. The van der Waals surface area contributed by atoms with Gasteiger partial charge in [0.25, 0.3) is 10.0 Å². The number of aryl methyl sites for hydroxylation is 1. The lowest BCUT2D eigenvalue weighted by Crippen LogP contribution is -2.36. The maximum Gasteiger partial charge on any atom is 0.308 e. The Balaban J connectivity index is 1.42. The van der Waals surface area contributed by atoms with Crippen LogP contribution in [0.4, 0.5) is 5.69 Å². The van der Waals surface area contributed by atoms with E-state index in [0.717, 1.165) is 49.3 Å². The molecule has 0 spiro atoms. The molecule has 0 N–H and O–H groups in total. The third-order valence-electron chi connectivity index (χ3n) is 6.60. The Morgan fingerprint density at radius 2 is 1.85 bits per heavy atom. The van der Waals surface area contributed by atoms with E-state index in [1.807, 2.05) is 36.1 Å². The normalized spacial score (nSPS) is 18.6. The summed E-state index contributed by atoms with van der Waals surface area (Å²) >= 11 is 1.02. The summed E-state index contributed by atoms with van der Waals surface area (Å²) in [5.41, 5.74) is 2.40. The summed E-state index contributed by atoms with van der Waals surface area (Å²) in [6, 6.07) is 12.2. The van der Waals surface area contributed by atoms with Gasteiger partial charge in [0, 0.05) is 32.1 Å². The molecule has 1 aromatic heterocycles. The summed E-state index contributed by atoms with van der Waals surface area (Å²) < 4.78 is 30.8. The van der Waals surface area contributed by atoms with Crippen molar-refractivity contribution < 1.29 is 13.2 Å². The average Bonchev–Trinajstić information content (AvgIpc) is 3.32. The van der Waals surface area contributed by atoms with Gasteiger partial charge in [-0.3, -0.25) is 18.5 Å². The van der Waals surface area contributed by atoms with Gasteiger partial charge in [-0.05, 0) is 62.4 Å². The first-order chi connectivity index (χ1) is 15.9. The highest BCUT2D eigenvalue weighted by molar-refractivity contribution is 7.93. The van der Waals surface area contributed by atoms with Gasteiger partial charge < -0.3 is 4.90 Å². The van der Waals surface area contributed by atoms with E-state index in [9.17, 15) is 18.0 Å². The van der Waals surface area contributed by atoms with Gasteiger partial charge in [0.05, 0.1) is 20.8 Å². The molecule has 7 nitrogen and oxygen atoms in total. The van der Waals surface area contributed by atoms with Gasteiger partial charge in [0.1, 0.15) is 0 Å². The third kappa shape index (κ3) is 3.97. The number of aromatic nitrogens is 1. The third-order valence-corrected chi connectivity index (χ3v) is 9.47. The summed E-state index contributed by atoms with van der Waals surface area (Å²) in [5, 5.41) is 0. The molecule has 0 unspecified atom stereocenters. The highest BCUT2D eigenvalue weighted by atomic mass is 32.2. The average molecular weight is 486 g/mol. The van der Waals surface area contributed by atoms with Crippen molar-refractivity contribution in [3.8, 4) is 0 Å². The number of likely N-dealkylation sites (tertiary alicyclic amines) is 1. The Labute approximate surface area is 197 Å². The Morgan fingerprint density at radius 3 is 2.64 bits per heavy atom. The SMILES string of the molecule is C[C@@H]1Cc2ccccc2N1S(=O)(=O)c1ccc2c(c1)sc(=O)n2CCC(=O)N1CCCCC1. The van der Waals surface area contributed by atoms with Crippen molar-refractivity contribution in [3.05, 3.63) is 57.7 Å². The molecule has 5 rings (SSSR count). The van der Waals surface area contributed by atoms with Crippen LogP contribution in [0.2, 0.25) is 0 Å². The summed E-state index contributed by atoms with van der Waals surface area (Å²) in [5.74, 6) is 0.0711. The minimum Gasteiger partial charge on any atom is -0.343 e. The molecule has 3 heterocycles. The number of piperidine rings is 1. The number of fused-ring (bicyclic) bond motifs is 2. The monoisotopic (exact) mass is 485 g/mol. The fraction of sp³-hybridized carbons (Fsp3) is 0.417. The van der Waals surface area contributed by atoms with Crippen molar-refractivity contribution in [3.63, 3.8) is 0 Å². The van der Waals surface area contributed by atoms with Crippen LogP contribution in [0, 0.1) is 0 Å². The molecule has 2 aromatic carbocycles. The fourth-order valence-electron chi connectivity index (χ4n) is 4.94. The van der Waals surface area contributed by atoms with Crippen LogP contribution < -0.4 is 9.18 Å². The Bertz CT molecular complexity index is 1370. The van der Waals surface area contributed by atoms with E-state index in [1.54, 1.807) is 22.8 Å². The molecule has 2 aliphatic rings. The molecule has 1 atom stereocenters. The summed E-state index contributed by atoms with van der Waals surface area (Å²) in [6.07, 6.45) is 4.17. The number of carbonyl (C=O) groups excluding carboxylic acids is 1. The Hall–Kier alpha value is -2.65. The molecule has 0 aliphatic carbocycles. The standard InChI is InChI=1S/C24H27N3O4S2/c1-17-15-18-7-3-4-8-20(18)27(17)33(30,31)19-9-10-21-22(16-19)32-24(29)26(21)14-11-23(28)25-12-5-2-6-13-25/h3-4,7-10,16-17H,2,5-6,11-15H2,1H3/t17-/m1/s1. The van der Waals surface area contributed by atoms with Crippen LogP contribution in [0.25, 0.3) is 10.2 Å². The molecular formula is C24H27N3O4S2. The zero-order valence-electron chi connectivity index (χ0n) is 18.6. The van der Waals surface area contributed by atoms with Gasteiger partial charge in [-0.25, -0.2) is 8.42 Å². The lowest BCUT2D eigenvalue weighted by molar-refractivity contribution is -0.132. The Morgan fingerprint density at radius 1 is 1.09 bits per heavy atom. The number of hydrogen-bond acceptors (Lipinski definition) is 5. The number of anilines is 1. The van der Waals surface area contributed by atoms with Crippen LogP contribution in [0.1, 0.15) is 38.2 Å². The molecular weight excluding hydrogens is 458 g/mol. The van der Waals surface area contributed by atoms with Crippen molar-refractivity contribution in [2.24, 2.45) is 0 Å². The number of rotatable bonds is 5. The number of sulfonamides is 1. The van der Waals surface area contributed by atoms with E-state index in [2.05, 4.69) is 0 Å². The maximum absolute atomic E-state index is 13.5. The lowest BCUT2D eigenvalue weighted by atomic mass is 10.1. The molecule has 1 fully saturated rings. The number of benzene rings is 2. The number of nitrogens with zero attached hydrogens (tertiary/aromatic N) is 3. The van der Waals surface area contributed by atoms with E-state index >= 15 is 0 Å². The van der Waals surface area contributed by atoms with Crippen LogP contribution in [0.15, 0.2) is 52.2 Å². The van der Waals surface area contributed by atoms with Gasteiger partial charge in [0.15, 0.2) is 0 Å². The quantitative estimate of drug-likeness (QED) is 0.553. The molecule has 1 saturated heterocycles. The molecule has 174 valence electrons. The van der Waals surface area contributed by atoms with E-state index in [-0.39, 0.29) is 28.1 Å². The van der Waals surface area contributed by atoms with Crippen LogP contribution >= 0.6 is 11.3 Å². The van der Waals surface area contributed by atoms with Gasteiger partial charge >= 0.3 is 4.87 Å². The second-order valence-electron chi connectivity index (χ2n) is 8.82. The molecule has 0 radical (unpaired) electrons. The smallest absolute Gasteiger partial charge is 0.308 e. The number of para-hydroxylation sites is 1. The fourth-order valence-corrected chi connectivity index (χ4v) is 7.70. The Kier molecular flexibility index (Phi) is 5.78. The summed E-state index contributed by atoms with van der Waals surface area (Å²) in [4.78, 5) is 27.1. The van der Waals surface area contributed by atoms with Crippen molar-refractivity contribution in [2.75, 3.05) is 17.4 Å². The molecule has 0 bridgehead atoms. The van der Waals surface area contributed by atoms with E-state index in [1.165, 1.54) is 4.31 Å². The molecule has 9 heteroatoms. The highest BCUT2D eigenvalue weighted by Crippen LogP contribution is 2.37. The van der Waals surface area contributed by atoms with Gasteiger partial charge in [-0.1, -0.05) is 29.5 Å². The molecule has 3 aromatic rings. The maximum atomic E-state index is 13.5. The first kappa shape index (κ1) is 22.2. The topological polar surface area (TPSA) is 79.7 Å². The first-order valence-electron chi connectivity index (χ1n) is 11.4. The van der Waals surface area contributed by atoms with Crippen molar-refractivity contribution >= 4 is 43.2 Å². The van der Waals surface area contributed by atoms with E-state index in [0.29, 0.717) is 28.9 Å². The lowest BCUT2D eigenvalue weighted by Gasteiger charge is -2.26. The summed E-state index contributed by atoms with van der Waals surface area (Å²) in [6.45, 7) is 3.79. The van der Waals surface area contributed by atoms with Crippen LogP contribution in [-0.4, -0.2) is 42.9 Å². The first-order valence-corrected chi connectivity index (χ1v) is 13.7. The molecule has 33 heavy (non-hydrogen) atoms. The predicted octanol–water partition coefficient (Wildman–Crippen LogP) is 3.61. The minimum absolute atomic E-state index is 0.0711. The van der Waals surface area contributed by atoms with Gasteiger partial charge in [0.2, 0.25) is 5.91 Å². The van der Waals surface area contributed by atoms with Gasteiger partial charge in [-0.15, -0.1) is 0 Å². The van der Waals surface area contributed by atoms with Gasteiger partial charge in [-0.2, -0.15) is 0 Å². The van der Waals surface area contributed by atoms with Crippen molar-refractivity contribution in [2.45, 2.75) is 56.5 Å². The zero-order valence-corrected chi connectivity index (χ0v) is 20.2. The van der Waals surface area contributed by atoms with Crippen molar-refractivity contribution in [1.82, 2.24) is 9.47 Å². The number of thiazole rings is 1. The molecule has 0 saturated carbocycles. The largest absolute Gasteiger partial charge is 0.343 e. The second kappa shape index (κ2) is 8.61. The number of amides is 1. The zero-order chi connectivity index (χ0) is 23.2. The highest BCUT2D eigenvalue weighted by Gasteiger charge is 2.36. The minimum atomic E-state index is -3.77. The van der Waals surface area contributed by atoms with E-state index in [4.69, 9.17) is 0 Å². The van der Waals surface area contributed by atoms with Crippen LogP contribution in [0.3, 0.4) is 0 Å². The molecule has 1 amide bonds. The van der Waals surface area contributed by atoms with Crippen molar-refractivity contribution in [1.29, 1.82) is 0 Å². The predicted molar refractivity (Wildman–Crippen MR) is 130 cm³/mol. The van der Waals surface area contributed by atoms with E-state index < -0.39 is 10.0 Å². The summed E-state index contributed by atoms with van der Waals surface area (Å²) in [7, 11) is -3.77. The molecule has 2 aliphatic heterocycles.